The summed E-state index contributed by atoms with van der Waals surface area (Å²) in [7, 11) is 4.50. The summed E-state index contributed by atoms with van der Waals surface area (Å²) in [6, 6.07) is 5.80. The SMILES string of the molecule is COB(OC)c1ccc(OCC2CCN(C[C](C)C)CC2)c(OC)c1. The Balaban J connectivity index is 1.88. The first kappa shape index (κ1) is 20.1. The zero-order valence-electron chi connectivity index (χ0n) is 16.2. The molecule has 0 spiro atoms. The van der Waals surface area contributed by atoms with E-state index in [1.807, 2.05) is 18.2 Å². The molecule has 0 bridgehead atoms. The first-order valence-electron chi connectivity index (χ1n) is 8.95. The lowest BCUT2D eigenvalue weighted by Crippen LogP contribution is -2.37. The van der Waals surface area contributed by atoms with Gasteiger partial charge >= 0.3 is 7.12 Å². The molecule has 139 valence electrons. The molecule has 1 fully saturated rings. The molecular weight excluding hydrogens is 317 g/mol. The van der Waals surface area contributed by atoms with Gasteiger partial charge in [-0.15, -0.1) is 0 Å². The van der Waals surface area contributed by atoms with Gasteiger partial charge in [-0.05, 0) is 55.4 Å². The second kappa shape index (κ2) is 10.0. The van der Waals surface area contributed by atoms with Crippen LogP contribution in [0, 0.1) is 11.8 Å². The van der Waals surface area contributed by atoms with Crippen molar-refractivity contribution in [1.82, 2.24) is 4.90 Å². The van der Waals surface area contributed by atoms with Gasteiger partial charge in [0.15, 0.2) is 11.5 Å². The van der Waals surface area contributed by atoms with E-state index in [9.17, 15) is 0 Å². The lowest BCUT2D eigenvalue weighted by Gasteiger charge is -2.32. The molecule has 0 unspecified atom stereocenters. The molecule has 0 amide bonds. The molecule has 1 radical (unpaired) electrons. The summed E-state index contributed by atoms with van der Waals surface area (Å²) in [5.74, 6) is 3.57. The van der Waals surface area contributed by atoms with Crippen LogP contribution in [0.4, 0.5) is 0 Å². The summed E-state index contributed by atoms with van der Waals surface area (Å²) in [5, 5.41) is 0. The molecule has 1 aliphatic rings. The smallest absolute Gasteiger partial charge is 0.493 e. The summed E-state index contributed by atoms with van der Waals surface area (Å²) < 4.78 is 22.1. The van der Waals surface area contributed by atoms with Gasteiger partial charge in [-0.3, -0.25) is 0 Å². The van der Waals surface area contributed by atoms with Crippen molar-refractivity contribution in [3.8, 4) is 11.5 Å². The van der Waals surface area contributed by atoms with Crippen LogP contribution in [0.5, 0.6) is 11.5 Å². The van der Waals surface area contributed by atoms with E-state index < -0.39 is 7.12 Å². The summed E-state index contributed by atoms with van der Waals surface area (Å²) in [6.45, 7) is 8.54. The maximum absolute atomic E-state index is 6.06. The fourth-order valence-electron chi connectivity index (χ4n) is 3.28. The quantitative estimate of drug-likeness (QED) is 0.641. The Bertz CT molecular complexity index is 514. The van der Waals surface area contributed by atoms with Crippen molar-refractivity contribution in [3.05, 3.63) is 24.1 Å². The minimum atomic E-state index is -0.397. The Labute approximate surface area is 152 Å². The van der Waals surface area contributed by atoms with Gasteiger partial charge in [-0.25, -0.2) is 0 Å². The Morgan fingerprint density at radius 3 is 2.32 bits per heavy atom. The van der Waals surface area contributed by atoms with Crippen LogP contribution >= 0.6 is 0 Å². The number of ether oxygens (including phenoxy) is 2. The van der Waals surface area contributed by atoms with Crippen molar-refractivity contribution >= 4 is 12.6 Å². The Morgan fingerprint density at radius 1 is 1.08 bits per heavy atom. The molecule has 0 aliphatic carbocycles. The Morgan fingerprint density at radius 2 is 1.76 bits per heavy atom. The number of hydrogen-bond donors (Lipinski definition) is 0. The average molecular weight is 348 g/mol. The number of benzene rings is 1. The minimum Gasteiger partial charge on any atom is -0.493 e. The standard InChI is InChI=1S/C19H31BNO4/c1-15(2)13-21-10-8-16(9-11-21)14-25-18-7-6-17(12-19(18)22-3)20(23-4)24-5/h6-7,12,16H,8-11,13-14H2,1-5H3. The molecule has 25 heavy (non-hydrogen) atoms. The molecule has 0 aromatic heterocycles. The summed E-state index contributed by atoms with van der Waals surface area (Å²) >= 11 is 0. The molecule has 0 N–H and O–H groups in total. The fourth-order valence-corrected chi connectivity index (χ4v) is 3.28. The molecule has 2 rings (SSSR count). The van der Waals surface area contributed by atoms with Gasteiger partial charge in [0.2, 0.25) is 0 Å². The molecule has 0 atom stereocenters. The van der Waals surface area contributed by atoms with E-state index in [1.165, 1.54) is 18.8 Å². The molecular formula is C19H31BNO4. The van der Waals surface area contributed by atoms with Gasteiger partial charge in [0.25, 0.3) is 0 Å². The van der Waals surface area contributed by atoms with Crippen molar-refractivity contribution < 1.29 is 18.8 Å². The summed E-state index contributed by atoms with van der Waals surface area (Å²) in [5.41, 5.74) is 0.911. The second-order valence-electron chi connectivity index (χ2n) is 6.95. The topological polar surface area (TPSA) is 40.2 Å². The monoisotopic (exact) mass is 348 g/mol. The van der Waals surface area contributed by atoms with Gasteiger partial charge in [-0.1, -0.05) is 19.9 Å². The van der Waals surface area contributed by atoms with Crippen LogP contribution in [-0.2, 0) is 9.31 Å². The first-order valence-corrected chi connectivity index (χ1v) is 8.95. The Hall–Kier alpha value is -1.24. The molecule has 1 heterocycles. The number of rotatable bonds is 9. The molecule has 1 aromatic carbocycles. The van der Waals surface area contributed by atoms with Crippen LogP contribution in [0.15, 0.2) is 18.2 Å². The zero-order valence-corrected chi connectivity index (χ0v) is 16.2. The maximum Gasteiger partial charge on any atom is 0.493 e. The van der Waals surface area contributed by atoms with E-state index in [0.717, 1.165) is 37.5 Å². The lowest BCUT2D eigenvalue weighted by atomic mass is 9.79. The van der Waals surface area contributed by atoms with Gasteiger partial charge in [0.1, 0.15) is 0 Å². The number of hydrogen-bond acceptors (Lipinski definition) is 5. The fraction of sp³-hybridized carbons (Fsp3) is 0.632. The summed E-state index contributed by atoms with van der Waals surface area (Å²) in [4.78, 5) is 2.52. The number of nitrogens with zero attached hydrogens (tertiary/aromatic N) is 1. The highest BCUT2D eigenvalue weighted by atomic mass is 16.6. The molecule has 6 heteroatoms. The second-order valence-corrected chi connectivity index (χ2v) is 6.95. The third-order valence-corrected chi connectivity index (χ3v) is 4.61. The van der Waals surface area contributed by atoms with Gasteiger partial charge in [-0.2, -0.15) is 0 Å². The van der Waals surface area contributed by atoms with E-state index in [4.69, 9.17) is 18.8 Å². The molecule has 1 saturated heterocycles. The van der Waals surface area contributed by atoms with Crippen molar-refractivity contribution in [1.29, 1.82) is 0 Å². The molecule has 1 aliphatic heterocycles. The van der Waals surface area contributed by atoms with Gasteiger partial charge in [0, 0.05) is 20.8 Å². The van der Waals surface area contributed by atoms with Gasteiger partial charge in [0.05, 0.1) is 13.7 Å². The normalized spacial score (nSPS) is 16.2. The van der Waals surface area contributed by atoms with E-state index in [-0.39, 0.29) is 0 Å². The van der Waals surface area contributed by atoms with E-state index >= 15 is 0 Å². The number of likely N-dealkylation sites (tertiary alicyclic amines) is 1. The zero-order chi connectivity index (χ0) is 18.2. The van der Waals surface area contributed by atoms with Crippen LogP contribution in [0.2, 0.25) is 0 Å². The van der Waals surface area contributed by atoms with E-state index in [0.29, 0.717) is 11.7 Å². The van der Waals surface area contributed by atoms with Crippen LogP contribution in [0.1, 0.15) is 26.7 Å². The van der Waals surface area contributed by atoms with Crippen molar-refractivity contribution in [2.45, 2.75) is 26.7 Å². The maximum atomic E-state index is 6.06. The number of methoxy groups -OCH3 is 1. The lowest BCUT2D eigenvalue weighted by molar-refractivity contribution is 0.143. The minimum absolute atomic E-state index is 0.397. The highest BCUT2D eigenvalue weighted by molar-refractivity contribution is 6.61. The van der Waals surface area contributed by atoms with Crippen LogP contribution < -0.4 is 14.9 Å². The number of piperidine rings is 1. The Kier molecular flexibility index (Phi) is 8.07. The molecule has 1 aromatic rings. The highest BCUT2D eigenvalue weighted by Crippen LogP contribution is 2.27. The molecule has 5 nitrogen and oxygen atoms in total. The van der Waals surface area contributed by atoms with E-state index in [2.05, 4.69) is 18.7 Å². The molecule has 0 saturated carbocycles. The largest absolute Gasteiger partial charge is 0.493 e. The predicted molar refractivity (Wildman–Crippen MR) is 102 cm³/mol. The van der Waals surface area contributed by atoms with Crippen LogP contribution in [-0.4, -0.2) is 59.6 Å². The third-order valence-electron chi connectivity index (χ3n) is 4.61. The van der Waals surface area contributed by atoms with Gasteiger partial charge < -0.3 is 23.7 Å². The van der Waals surface area contributed by atoms with Crippen molar-refractivity contribution in [2.24, 2.45) is 5.92 Å². The van der Waals surface area contributed by atoms with E-state index in [1.54, 1.807) is 21.3 Å². The van der Waals surface area contributed by atoms with Crippen molar-refractivity contribution in [3.63, 3.8) is 0 Å². The third kappa shape index (κ3) is 5.91. The average Bonchev–Trinajstić information content (AvgIpc) is 2.62. The highest BCUT2D eigenvalue weighted by Gasteiger charge is 2.22. The van der Waals surface area contributed by atoms with Crippen molar-refractivity contribution in [2.75, 3.05) is 47.6 Å². The predicted octanol–water partition coefficient (Wildman–Crippen LogP) is 2.39. The summed E-state index contributed by atoms with van der Waals surface area (Å²) in [6.07, 6.45) is 2.37. The van der Waals surface area contributed by atoms with Crippen LogP contribution in [0.3, 0.4) is 0 Å². The van der Waals surface area contributed by atoms with Crippen LogP contribution in [0.25, 0.3) is 0 Å². The first-order chi connectivity index (χ1) is 12.1.